The quantitative estimate of drug-likeness (QED) is 0.721. The zero-order valence-corrected chi connectivity index (χ0v) is 15.2. The first-order chi connectivity index (χ1) is 11.9. The molecule has 1 aromatic heterocycles. The van der Waals surface area contributed by atoms with E-state index >= 15 is 0 Å². The summed E-state index contributed by atoms with van der Waals surface area (Å²) in [5.74, 6) is 0.505. The van der Waals surface area contributed by atoms with Gasteiger partial charge in [0.05, 0.1) is 6.26 Å². The maximum atomic E-state index is 12.0. The van der Waals surface area contributed by atoms with Crippen LogP contribution in [0.3, 0.4) is 0 Å². The first-order valence-electron chi connectivity index (χ1n) is 8.39. The average Bonchev–Trinajstić information content (AvgIpc) is 3.07. The fourth-order valence-corrected chi connectivity index (χ4v) is 2.60. The normalized spacial score (nSPS) is 13.2. The Morgan fingerprint density at radius 3 is 2.68 bits per heavy atom. The summed E-state index contributed by atoms with van der Waals surface area (Å²) < 4.78 is 5.16. The van der Waals surface area contributed by atoms with E-state index < -0.39 is 6.10 Å². The molecule has 0 aliphatic carbocycles. The van der Waals surface area contributed by atoms with Crippen molar-refractivity contribution in [1.29, 1.82) is 0 Å². The summed E-state index contributed by atoms with van der Waals surface area (Å²) in [5.41, 5.74) is 3.34. The number of amides is 2. The molecule has 1 aromatic carbocycles. The molecule has 2 unspecified atom stereocenters. The minimum atomic E-state index is -0.730. The maximum Gasteiger partial charge on any atom is 0.315 e. The van der Waals surface area contributed by atoms with Gasteiger partial charge in [0.25, 0.3) is 0 Å². The molecule has 1 heterocycles. The van der Waals surface area contributed by atoms with Crippen LogP contribution in [0.15, 0.2) is 41.0 Å². The van der Waals surface area contributed by atoms with Crippen molar-refractivity contribution in [2.24, 2.45) is 0 Å². The van der Waals surface area contributed by atoms with Crippen LogP contribution in [0, 0.1) is 6.92 Å². The van der Waals surface area contributed by atoms with Gasteiger partial charge in [-0.2, -0.15) is 0 Å². The number of furan rings is 1. The van der Waals surface area contributed by atoms with Crippen molar-refractivity contribution in [1.82, 2.24) is 10.6 Å². The van der Waals surface area contributed by atoms with Gasteiger partial charge in [-0.3, -0.25) is 0 Å². The molecule has 3 N–H and O–H groups in total. The number of nitrogens with one attached hydrogen (secondary N) is 2. The second-order valence-electron chi connectivity index (χ2n) is 6.50. The number of benzene rings is 1. The summed E-state index contributed by atoms with van der Waals surface area (Å²) in [6.45, 7) is 4.34. The topological polar surface area (TPSA) is 77.7 Å². The van der Waals surface area contributed by atoms with Crippen molar-refractivity contribution in [2.45, 2.75) is 39.0 Å². The standard InChI is InChI=1S/C19H27N3O3/c1-13-10-16(22(3)4)8-7-15(13)12-20-19(24)21-14(2)11-17(23)18-6-5-9-25-18/h5-10,14,17,23H,11-12H2,1-4H3,(H2,20,21,24). The van der Waals surface area contributed by atoms with Crippen molar-refractivity contribution in [3.8, 4) is 0 Å². The number of carbonyl (C=O) groups is 1. The Balaban J connectivity index is 1.80. The predicted molar refractivity (Wildman–Crippen MR) is 98.6 cm³/mol. The van der Waals surface area contributed by atoms with Gasteiger partial charge in [-0.1, -0.05) is 6.07 Å². The molecule has 0 bridgehead atoms. The lowest BCUT2D eigenvalue weighted by molar-refractivity contribution is 0.129. The first kappa shape index (κ1) is 18.9. The Kier molecular flexibility index (Phi) is 6.47. The van der Waals surface area contributed by atoms with Crippen LogP contribution in [-0.2, 0) is 6.54 Å². The zero-order valence-electron chi connectivity index (χ0n) is 15.2. The van der Waals surface area contributed by atoms with Crippen molar-refractivity contribution in [2.75, 3.05) is 19.0 Å². The van der Waals surface area contributed by atoms with Gasteiger partial charge >= 0.3 is 6.03 Å². The molecule has 2 atom stereocenters. The van der Waals surface area contributed by atoms with Crippen molar-refractivity contribution < 1.29 is 14.3 Å². The fourth-order valence-electron chi connectivity index (χ4n) is 2.60. The Morgan fingerprint density at radius 2 is 2.08 bits per heavy atom. The van der Waals surface area contributed by atoms with Gasteiger partial charge in [-0.25, -0.2) is 4.79 Å². The number of hydrogen-bond donors (Lipinski definition) is 3. The molecular formula is C19H27N3O3. The van der Waals surface area contributed by atoms with Gasteiger partial charge in [0.1, 0.15) is 11.9 Å². The highest BCUT2D eigenvalue weighted by atomic mass is 16.4. The maximum absolute atomic E-state index is 12.0. The van der Waals surface area contributed by atoms with E-state index in [1.54, 1.807) is 12.1 Å². The number of nitrogens with zero attached hydrogens (tertiary/aromatic N) is 1. The molecule has 0 aliphatic rings. The van der Waals surface area contributed by atoms with E-state index in [2.05, 4.69) is 16.7 Å². The highest BCUT2D eigenvalue weighted by Crippen LogP contribution is 2.19. The summed E-state index contributed by atoms with van der Waals surface area (Å²) in [6.07, 6.45) is 1.18. The molecule has 0 saturated carbocycles. The molecule has 2 amide bonds. The van der Waals surface area contributed by atoms with Crippen LogP contribution in [0.1, 0.15) is 36.3 Å². The second-order valence-corrected chi connectivity index (χ2v) is 6.50. The molecule has 0 saturated heterocycles. The SMILES string of the molecule is Cc1cc(N(C)C)ccc1CNC(=O)NC(C)CC(O)c1ccco1. The van der Waals surface area contributed by atoms with E-state index in [0.717, 1.165) is 16.8 Å². The molecule has 0 radical (unpaired) electrons. The summed E-state index contributed by atoms with van der Waals surface area (Å²) in [4.78, 5) is 14.1. The van der Waals surface area contributed by atoms with E-state index in [1.807, 2.05) is 45.0 Å². The Morgan fingerprint density at radius 1 is 1.32 bits per heavy atom. The van der Waals surface area contributed by atoms with Crippen LogP contribution in [0.4, 0.5) is 10.5 Å². The third kappa shape index (κ3) is 5.53. The minimum Gasteiger partial charge on any atom is -0.467 e. The number of hydrogen-bond acceptors (Lipinski definition) is 4. The lowest BCUT2D eigenvalue weighted by atomic mass is 10.1. The number of anilines is 1. The predicted octanol–water partition coefficient (Wildman–Crippen LogP) is 2.97. The fraction of sp³-hybridized carbons (Fsp3) is 0.421. The lowest BCUT2D eigenvalue weighted by Crippen LogP contribution is -2.41. The summed E-state index contributed by atoms with van der Waals surface area (Å²) in [5, 5.41) is 15.7. The van der Waals surface area contributed by atoms with Crippen LogP contribution >= 0.6 is 0 Å². The van der Waals surface area contributed by atoms with E-state index in [0.29, 0.717) is 18.7 Å². The third-order valence-corrected chi connectivity index (χ3v) is 4.11. The first-order valence-corrected chi connectivity index (χ1v) is 8.39. The third-order valence-electron chi connectivity index (χ3n) is 4.11. The summed E-state index contributed by atoms with van der Waals surface area (Å²) >= 11 is 0. The molecule has 0 fully saturated rings. The highest BCUT2D eigenvalue weighted by Gasteiger charge is 2.16. The second kappa shape index (κ2) is 8.58. The van der Waals surface area contributed by atoms with E-state index in [1.165, 1.54) is 6.26 Å². The number of rotatable bonds is 7. The Labute approximate surface area is 148 Å². The van der Waals surface area contributed by atoms with Crippen LogP contribution in [0.2, 0.25) is 0 Å². The minimum absolute atomic E-state index is 0.183. The van der Waals surface area contributed by atoms with Crippen molar-refractivity contribution in [3.63, 3.8) is 0 Å². The average molecular weight is 345 g/mol. The van der Waals surface area contributed by atoms with Crippen LogP contribution in [0.25, 0.3) is 0 Å². The zero-order chi connectivity index (χ0) is 18.4. The molecular weight excluding hydrogens is 318 g/mol. The van der Waals surface area contributed by atoms with Gasteiger partial charge < -0.3 is 25.1 Å². The number of aryl methyl sites for hydroxylation is 1. The van der Waals surface area contributed by atoms with E-state index in [9.17, 15) is 9.90 Å². The number of urea groups is 1. The summed E-state index contributed by atoms with van der Waals surface area (Å²) in [7, 11) is 4.00. The number of carbonyl (C=O) groups excluding carboxylic acids is 1. The molecule has 0 aliphatic heterocycles. The molecule has 136 valence electrons. The summed E-state index contributed by atoms with van der Waals surface area (Å²) in [6, 6.07) is 9.16. The molecule has 6 heteroatoms. The van der Waals surface area contributed by atoms with E-state index in [4.69, 9.17) is 4.42 Å². The number of aliphatic hydroxyl groups is 1. The van der Waals surface area contributed by atoms with E-state index in [-0.39, 0.29) is 12.1 Å². The molecule has 25 heavy (non-hydrogen) atoms. The van der Waals surface area contributed by atoms with Gasteiger partial charge in [0.2, 0.25) is 0 Å². The highest BCUT2D eigenvalue weighted by molar-refractivity contribution is 5.74. The molecule has 2 aromatic rings. The van der Waals surface area contributed by atoms with Crippen LogP contribution in [-0.4, -0.2) is 31.3 Å². The smallest absolute Gasteiger partial charge is 0.315 e. The van der Waals surface area contributed by atoms with Gasteiger partial charge in [-0.05, 0) is 49.2 Å². The van der Waals surface area contributed by atoms with Gasteiger partial charge in [-0.15, -0.1) is 0 Å². The van der Waals surface area contributed by atoms with Gasteiger partial charge in [0, 0.05) is 38.8 Å². The van der Waals surface area contributed by atoms with Crippen molar-refractivity contribution >= 4 is 11.7 Å². The Hall–Kier alpha value is -2.47. The number of aliphatic hydroxyl groups excluding tert-OH is 1. The lowest BCUT2D eigenvalue weighted by Gasteiger charge is -2.18. The molecule has 0 spiro atoms. The molecule has 6 nitrogen and oxygen atoms in total. The van der Waals surface area contributed by atoms with Gasteiger partial charge in [0.15, 0.2) is 0 Å². The Bertz CT molecular complexity index is 683. The van der Waals surface area contributed by atoms with Crippen LogP contribution < -0.4 is 15.5 Å². The van der Waals surface area contributed by atoms with Crippen LogP contribution in [0.5, 0.6) is 0 Å². The molecule has 2 rings (SSSR count). The van der Waals surface area contributed by atoms with Crippen molar-refractivity contribution in [3.05, 3.63) is 53.5 Å². The largest absolute Gasteiger partial charge is 0.467 e. The monoisotopic (exact) mass is 345 g/mol.